The summed E-state index contributed by atoms with van der Waals surface area (Å²) in [5.74, 6) is 7.18. The van der Waals surface area contributed by atoms with E-state index < -0.39 is 13.3 Å². The van der Waals surface area contributed by atoms with E-state index in [2.05, 4.69) is 53.4 Å². The zero-order chi connectivity index (χ0) is 31.2. The van der Waals surface area contributed by atoms with Gasteiger partial charge in [-0.05, 0) is 25.7 Å². The maximum absolute atomic E-state index is 15.2. The molecule has 0 saturated carbocycles. The Bertz CT molecular complexity index is 1560. The van der Waals surface area contributed by atoms with Crippen LogP contribution in [0.3, 0.4) is 0 Å². The molecule has 1 heterocycles. The Morgan fingerprint density at radius 3 is 2.00 bits per heavy atom. The predicted octanol–water partition coefficient (Wildman–Crippen LogP) is 10.0. The van der Waals surface area contributed by atoms with Crippen LogP contribution in [0.4, 0.5) is 4.39 Å². The third-order valence-corrected chi connectivity index (χ3v) is 12.4. The number of fused-ring (bicyclic) bond motifs is 3. The number of carbonyl (C=O) groups is 1. The van der Waals surface area contributed by atoms with E-state index in [1.165, 1.54) is 11.6 Å². The van der Waals surface area contributed by atoms with Gasteiger partial charge in [-0.25, -0.2) is 0 Å². The summed E-state index contributed by atoms with van der Waals surface area (Å²) in [7, 11) is 0. The van der Waals surface area contributed by atoms with Crippen LogP contribution in [0.5, 0.6) is 0 Å². The van der Waals surface area contributed by atoms with Gasteiger partial charge < -0.3 is 5.11 Å². The van der Waals surface area contributed by atoms with Gasteiger partial charge in [0.15, 0.2) is 5.78 Å². The molecule has 0 fully saturated rings. The number of aliphatic hydroxyl groups excluding tert-OH is 1. The molecule has 233 valence electrons. The number of aromatic nitrogens is 1. The first-order valence-corrected chi connectivity index (χ1v) is 22.7. The average molecular weight is 822 g/mol. The van der Waals surface area contributed by atoms with E-state index in [9.17, 15) is 9.90 Å². The van der Waals surface area contributed by atoms with E-state index in [0.717, 1.165) is 63.1 Å². The minimum atomic E-state index is -2.26. The van der Waals surface area contributed by atoms with Crippen LogP contribution in [0, 0.1) is 37.6 Å². The van der Waals surface area contributed by atoms with Crippen molar-refractivity contribution < 1.29 is 34.4 Å². The van der Waals surface area contributed by atoms with Gasteiger partial charge in [0.2, 0.25) is 0 Å². The number of hydrogen-bond donors (Lipinski definition) is 1. The molecule has 3 nitrogen and oxygen atoms in total. The first-order chi connectivity index (χ1) is 19.9. The molecule has 0 aliphatic rings. The molecule has 1 N–H and O–H groups in total. The molecular weight excluding hydrogens is 774 g/mol. The first-order valence-electron chi connectivity index (χ1n) is 15.3. The van der Waals surface area contributed by atoms with E-state index >= 15 is 4.39 Å². The first kappa shape index (κ1) is 36.9. The number of carbonyl (C=O) groups excluding carboxylic acids is 1. The number of ketones is 1. The number of benzene rings is 3. The topological polar surface area (TPSA) is 50.2 Å². The number of allylic oxidation sites excluding steroid dienone is 2. The predicted molar refractivity (Wildman–Crippen MR) is 180 cm³/mol. The normalized spacial score (nSPS) is 12.0. The van der Waals surface area contributed by atoms with Crippen LogP contribution in [0.1, 0.15) is 64.5 Å². The van der Waals surface area contributed by atoms with Crippen LogP contribution < -0.4 is 4.40 Å². The Hall–Kier alpha value is -2.34. The Balaban J connectivity index is 0.000000348. The van der Waals surface area contributed by atoms with Crippen LogP contribution >= 0.6 is 0 Å². The van der Waals surface area contributed by atoms with Crippen molar-refractivity contribution in [3.8, 4) is 11.3 Å². The summed E-state index contributed by atoms with van der Waals surface area (Å²) in [4.78, 5) is 16.3. The summed E-state index contributed by atoms with van der Waals surface area (Å²) >= 11 is -2.26. The smallest absolute Gasteiger partial charge is 0 e. The van der Waals surface area contributed by atoms with Crippen LogP contribution in [0.15, 0.2) is 60.5 Å². The standard InChI is InChI=1S/C24H23FGeN.C13H24O2.Ir/c1-15-12-16(2)14-17(13-15)24-21-7-6-20-18(19(21)10-11-27-24)8-9-22(23(20)25)26(3,4)5;1-5-10(6-2)12(14)9-13(15)11(7-3)8-4;/h6-13H,1-5H3;9-11,14H,5-8H2,1-4H3;/q-1;;/b;12-9-;. The fourth-order valence-corrected chi connectivity index (χ4v) is 8.52. The Kier molecular flexibility index (Phi) is 13.8. The molecule has 0 spiro atoms. The van der Waals surface area contributed by atoms with E-state index in [-0.39, 0.29) is 49.3 Å². The molecule has 0 saturated heterocycles. The summed E-state index contributed by atoms with van der Waals surface area (Å²) in [6, 6.07) is 17.6. The maximum atomic E-state index is 15.2. The summed E-state index contributed by atoms with van der Waals surface area (Å²) in [6.07, 6.45) is 6.72. The van der Waals surface area contributed by atoms with Crippen LogP contribution in [-0.2, 0) is 24.9 Å². The summed E-state index contributed by atoms with van der Waals surface area (Å²) < 4.78 is 16.2. The van der Waals surface area contributed by atoms with Crippen molar-refractivity contribution in [2.75, 3.05) is 0 Å². The minimum Gasteiger partial charge on any atom is 0 e. The minimum absolute atomic E-state index is 0. The van der Waals surface area contributed by atoms with Crippen molar-refractivity contribution in [2.45, 2.75) is 84.5 Å². The number of nitrogens with zero attached hydrogens (tertiary/aromatic N) is 1. The van der Waals surface area contributed by atoms with E-state index in [4.69, 9.17) is 0 Å². The fourth-order valence-electron chi connectivity index (χ4n) is 5.63. The maximum Gasteiger partial charge on any atom is 0 e. The third kappa shape index (κ3) is 8.87. The molecule has 0 bridgehead atoms. The third-order valence-electron chi connectivity index (χ3n) is 8.17. The molecule has 4 rings (SSSR count). The van der Waals surface area contributed by atoms with Crippen molar-refractivity contribution in [2.24, 2.45) is 11.8 Å². The zero-order valence-electron chi connectivity index (χ0n) is 27.2. The van der Waals surface area contributed by atoms with Gasteiger partial charge in [0.25, 0.3) is 0 Å². The molecule has 3 aromatic carbocycles. The molecular formula is C37H47FGeIrNO2-. The van der Waals surface area contributed by atoms with E-state index in [1.54, 1.807) is 0 Å². The molecule has 6 heteroatoms. The molecule has 0 unspecified atom stereocenters. The average Bonchev–Trinajstić information content (AvgIpc) is 2.93. The van der Waals surface area contributed by atoms with E-state index in [1.807, 2.05) is 65.1 Å². The molecule has 1 radical (unpaired) electrons. The Morgan fingerprint density at radius 2 is 1.44 bits per heavy atom. The molecule has 1 aromatic heterocycles. The van der Waals surface area contributed by atoms with Gasteiger partial charge >= 0.3 is 163 Å². The number of hydrogen-bond acceptors (Lipinski definition) is 3. The molecule has 0 aliphatic heterocycles. The zero-order valence-corrected chi connectivity index (χ0v) is 31.7. The number of aliphatic hydroxyl groups is 1. The molecule has 0 amide bonds. The monoisotopic (exact) mass is 823 g/mol. The van der Waals surface area contributed by atoms with Crippen molar-refractivity contribution in [1.29, 1.82) is 0 Å². The summed E-state index contributed by atoms with van der Waals surface area (Å²) in [5.41, 5.74) is 4.17. The fraction of sp³-hybridized carbons (Fsp3) is 0.405. The second-order valence-corrected chi connectivity index (χ2v) is 22.9. The van der Waals surface area contributed by atoms with Crippen LogP contribution in [0.25, 0.3) is 32.8 Å². The summed E-state index contributed by atoms with van der Waals surface area (Å²) in [6.45, 7) is 12.2. The SMILES string of the molecule is CCC(CC)C(=O)/C=C(\O)C(CC)CC.Cc1[c-]c(-c2nccc3c2ccc2c(F)[c]([Ge]([CH3])([CH3])[CH3])ccc23)cc(C)c1.[Ir]. The summed E-state index contributed by atoms with van der Waals surface area (Å²) in [5, 5.41) is 13.5. The second-order valence-electron chi connectivity index (χ2n) is 12.3. The van der Waals surface area contributed by atoms with Gasteiger partial charge in [0, 0.05) is 38.0 Å². The molecule has 4 aromatic rings. The second kappa shape index (κ2) is 16.1. The Morgan fingerprint density at radius 1 is 0.884 bits per heavy atom. The van der Waals surface area contributed by atoms with Crippen LogP contribution in [0.2, 0.25) is 17.3 Å². The van der Waals surface area contributed by atoms with E-state index in [0.29, 0.717) is 5.39 Å². The van der Waals surface area contributed by atoms with Gasteiger partial charge in [0.1, 0.15) is 0 Å². The largest absolute Gasteiger partial charge is 0 e. The molecule has 43 heavy (non-hydrogen) atoms. The van der Waals surface area contributed by atoms with Crippen molar-refractivity contribution in [3.63, 3.8) is 0 Å². The van der Waals surface area contributed by atoms with Gasteiger partial charge in [-0.2, -0.15) is 0 Å². The number of halogens is 1. The van der Waals surface area contributed by atoms with Crippen molar-refractivity contribution in [3.05, 3.63) is 83.5 Å². The van der Waals surface area contributed by atoms with Crippen molar-refractivity contribution in [1.82, 2.24) is 4.98 Å². The van der Waals surface area contributed by atoms with Gasteiger partial charge in [-0.15, -0.1) is 0 Å². The number of aryl methyl sites for hydroxylation is 2. The quantitative estimate of drug-likeness (QED) is 0.0602. The van der Waals surface area contributed by atoms with Gasteiger partial charge in [0.05, 0.1) is 5.76 Å². The number of rotatable bonds is 9. The molecule has 0 aliphatic carbocycles. The molecule has 0 atom stereocenters. The number of pyridine rings is 1. The van der Waals surface area contributed by atoms with Crippen molar-refractivity contribution >= 4 is 45.0 Å². The van der Waals surface area contributed by atoms with Gasteiger partial charge in [-0.3, -0.25) is 4.79 Å². The Labute approximate surface area is 274 Å². The van der Waals surface area contributed by atoms with Gasteiger partial charge in [-0.1, -0.05) is 27.7 Å². The van der Waals surface area contributed by atoms with Crippen LogP contribution in [-0.4, -0.2) is 29.1 Å².